The maximum atomic E-state index is 11.2. The summed E-state index contributed by atoms with van der Waals surface area (Å²) in [7, 11) is 0. The Balaban J connectivity index is 1.81. The number of rotatable bonds is 5. The van der Waals surface area contributed by atoms with Crippen LogP contribution in [0.2, 0.25) is 0 Å². The largest absolute Gasteiger partial charge is 0.364 e. The van der Waals surface area contributed by atoms with Crippen LogP contribution in [0, 0.1) is 5.92 Å². The molecule has 1 heterocycles. The number of hydrogen-bond acceptors (Lipinski definition) is 3. The first-order valence-corrected chi connectivity index (χ1v) is 5.99. The summed E-state index contributed by atoms with van der Waals surface area (Å²) >= 11 is 0. The number of hydrogen-bond donors (Lipinski definition) is 1. The molecule has 3 rings (SSSR count). The molecule has 2 fully saturated rings. The highest BCUT2D eigenvalue weighted by Gasteiger charge is 2.33. The summed E-state index contributed by atoms with van der Waals surface area (Å²) in [6.45, 7) is 0.886. The summed E-state index contributed by atoms with van der Waals surface area (Å²) in [5, 5.41) is 7.98. The molecular formula is C11H16N4O. The monoisotopic (exact) mass is 220 g/mol. The van der Waals surface area contributed by atoms with Crippen LogP contribution < -0.4 is 5.73 Å². The Kier molecular flexibility index (Phi) is 2.19. The van der Waals surface area contributed by atoms with E-state index in [2.05, 4.69) is 10.3 Å². The van der Waals surface area contributed by atoms with Crippen molar-refractivity contribution < 1.29 is 4.79 Å². The SMILES string of the molecule is NC(=O)c1nnn(CCC2CC2)c1C1CC1. The number of amides is 1. The van der Waals surface area contributed by atoms with Crippen LogP contribution in [0.5, 0.6) is 0 Å². The van der Waals surface area contributed by atoms with Crippen LogP contribution in [0.4, 0.5) is 0 Å². The van der Waals surface area contributed by atoms with Gasteiger partial charge in [-0.2, -0.15) is 0 Å². The van der Waals surface area contributed by atoms with Gasteiger partial charge in [0.1, 0.15) is 0 Å². The molecule has 2 saturated carbocycles. The van der Waals surface area contributed by atoms with Gasteiger partial charge in [-0.3, -0.25) is 4.79 Å². The molecule has 0 aromatic carbocycles. The molecule has 0 aliphatic heterocycles. The predicted molar refractivity (Wildman–Crippen MR) is 57.9 cm³/mol. The highest BCUT2D eigenvalue weighted by Crippen LogP contribution is 2.41. The number of primary amides is 1. The zero-order valence-corrected chi connectivity index (χ0v) is 9.22. The Hall–Kier alpha value is -1.39. The zero-order chi connectivity index (χ0) is 11.1. The van der Waals surface area contributed by atoms with E-state index >= 15 is 0 Å². The molecule has 0 saturated heterocycles. The number of carbonyl (C=O) groups excluding carboxylic acids is 1. The van der Waals surface area contributed by atoms with Crippen LogP contribution in [0.25, 0.3) is 0 Å². The van der Waals surface area contributed by atoms with Gasteiger partial charge in [0.25, 0.3) is 5.91 Å². The van der Waals surface area contributed by atoms with Gasteiger partial charge >= 0.3 is 0 Å². The normalized spacial score (nSPS) is 20.0. The molecule has 0 spiro atoms. The van der Waals surface area contributed by atoms with E-state index in [-0.39, 0.29) is 0 Å². The third-order valence-electron chi connectivity index (χ3n) is 3.42. The molecular weight excluding hydrogens is 204 g/mol. The Morgan fingerprint density at radius 1 is 1.38 bits per heavy atom. The van der Waals surface area contributed by atoms with E-state index in [0.717, 1.165) is 37.4 Å². The molecule has 5 heteroatoms. The van der Waals surface area contributed by atoms with Crippen LogP contribution in [0.3, 0.4) is 0 Å². The van der Waals surface area contributed by atoms with Gasteiger partial charge in [-0.25, -0.2) is 4.68 Å². The van der Waals surface area contributed by atoms with Crippen molar-refractivity contribution in [1.29, 1.82) is 0 Å². The average Bonchev–Trinajstić information content (AvgIpc) is 3.14. The second-order valence-electron chi connectivity index (χ2n) is 4.92. The van der Waals surface area contributed by atoms with Crippen molar-refractivity contribution in [3.63, 3.8) is 0 Å². The first-order chi connectivity index (χ1) is 7.75. The maximum Gasteiger partial charge on any atom is 0.271 e. The van der Waals surface area contributed by atoms with Gasteiger partial charge in [0.05, 0.1) is 5.69 Å². The van der Waals surface area contributed by atoms with Crippen molar-refractivity contribution >= 4 is 5.91 Å². The number of nitrogens with two attached hydrogens (primary N) is 1. The van der Waals surface area contributed by atoms with Gasteiger partial charge in [-0.15, -0.1) is 5.10 Å². The molecule has 0 atom stereocenters. The fourth-order valence-electron chi connectivity index (χ4n) is 2.13. The Morgan fingerprint density at radius 2 is 2.12 bits per heavy atom. The molecule has 0 unspecified atom stereocenters. The van der Waals surface area contributed by atoms with E-state index in [1.807, 2.05) is 4.68 Å². The van der Waals surface area contributed by atoms with Crippen LogP contribution in [0.1, 0.15) is 54.2 Å². The van der Waals surface area contributed by atoms with Crippen molar-refractivity contribution in [2.24, 2.45) is 11.7 Å². The highest BCUT2D eigenvalue weighted by molar-refractivity contribution is 5.92. The van der Waals surface area contributed by atoms with Crippen LogP contribution in [-0.2, 0) is 6.54 Å². The van der Waals surface area contributed by atoms with Crippen molar-refractivity contribution in [3.8, 4) is 0 Å². The fourth-order valence-corrected chi connectivity index (χ4v) is 2.13. The van der Waals surface area contributed by atoms with E-state index in [4.69, 9.17) is 5.73 Å². The molecule has 5 nitrogen and oxygen atoms in total. The summed E-state index contributed by atoms with van der Waals surface area (Å²) in [5.74, 6) is 0.893. The first kappa shape index (κ1) is 9.81. The van der Waals surface area contributed by atoms with Crippen LogP contribution >= 0.6 is 0 Å². The van der Waals surface area contributed by atoms with E-state index in [0.29, 0.717) is 11.6 Å². The average molecular weight is 220 g/mol. The standard InChI is InChI=1S/C11H16N4O/c12-11(16)9-10(8-3-4-8)15(14-13-9)6-5-7-1-2-7/h7-8H,1-6H2,(H2,12,16). The molecule has 1 aromatic rings. The van der Waals surface area contributed by atoms with Crippen LogP contribution in [0.15, 0.2) is 0 Å². The molecule has 2 aliphatic rings. The predicted octanol–water partition coefficient (Wildman–Crippen LogP) is 1.05. The van der Waals surface area contributed by atoms with E-state index in [1.54, 1.807) is 0 Å². The van der Waals surface area contributed by atoms with E-state index in [9.17, 15) is 4.79 Å². The third-order valence-corrected chi connectivity index (χ3v) is 3.42. The molecule has 0 bridgehead atoms. The van der Waals surface area contributed by atoms with Gasteiger partial charge in [0.15, 0.2) is 5.69 Å². The van der Waals surface area contributed by atoms with Gasteiger partial charge in [-0.05, 0) is 25.2 Å². The van der Waals surface area contributed by atoms with E-state index in [1.165, 1.54) is 12.8 Å². The van der Waals surface area contributed by atoms with Gasteiger partial charge in [0.2, 0.25) is 0 Å². The minimum absolute atomic E-state index is 0.387. The van der Waals surface area contributed by atoms with Crippen LogP contribution in [-0.4, -0.2) is 20.9 Å². The van der Waals surface area contributed by atoms with Gasteiger partial charge in [0, 0.05) is 12.5 Å². The smallest absolute Gasteiger partial charge is 0.271 e. The van der Waals surface area contributed by atoms with Crippen molar-refractivity contribution in [3.05, 3.63) is 11.4 Å². The zero-order valence-electron chi connectivity index (χ0n) is 9.22. The molecule has 0 radical (unpaired) electrons. The minimum Gasteiger partial charge on any atom is -0.364 e. The third kappa shape index (κ3) is 1.81. The van der Waals surface area contributed by atoms with E-state index < -0.39 is 5.91 Å². The molecule has 16 heavy (non-hydrogen) atoms. The van der Waals surface area contributed by atoms with Gasteiger partial charge in [-0.1, -0.05) is 18.1 Å². The molecule has 86 valence electrons. The summed E-state index contributed by atoms with van der Waals surface area (Å²) in [4.78, 5) is 11.2. The molecule has 2 aliphatic carbocycles. The molecule has 1 aromatic heterocycles. The topological polar surface area (TPSA) is 73.8 Å². The lowest BCUT2D eigenvalue weighted by molar-refractivity contribution is 0.0994. The Morgan fingerprint density at radius 3 is 2.69 bits per heavy atom. The van der Waals surface area contributed by atoms with Crippen molar-refractivity contribution in [2.45, 2.75) is 44.6 Å². The lowest BCUT2D eigenvalue weighted by atomic mass is 10.2. The fraction of sp³-hybridized carbons (Fsp3) is 0.727. The highest BCUT2D eigenvalue weighted by atomic mass is 16.1. The summed E-state index contributed by atoms with van der Waals surface area (Å²) in [6, 6.07) is 0. The summed E-state index contributed by atoms with van der Waals surface area (Å²) in [5.41, 5.74) is 6.67. The number of carbonyl (C=O) groups is 1. The van der Waals surface area contributed by atoms with Crippen molar-refractivity contribution in [2.75, 3.05) is 0 Å². The number of nitrogens with zero attached hydrogens (tertiary/aromatic N) is 3. The summed E-state index contributed by atoms with van der Waals surface area (Å²) < 4.78 is 1.90. The Labute approximate surface area is 94.0 Å². The first-order valence-electron chi connectivity index (χ1n) is 5.99. The van der Waals surface area contributed by atoms with Crippen molar-refractivity contribution in [1.82, 2.24) is 15.0 Å². The second-order valence-corrected chi connectivity index (χ2v) is 4.92. The molecule has 1 amide bonds. The number of aryl methyl sites for hydroxylation is 1. The quantitative estimate of drug-likeness (QED) is 0.806. The minimum atomic E-state index is -0.445. The Bertz CT molecular complexity index is 418. The maximum absolute atomic E-state index is 11.2. The van der Waals surface area contributed by atoms with Gasteiger partial charge < -0.3 is 5.73 Å². The molecule has 2 N–H and O–H groups in total. The second kappa shape index (κ2) is 3.57. The lowest BCUT2D eigenvalue weighted by Gasteiger charge is -2.05. The summed E-state index contributed by atoms with van der Waals surface area (Å²) in [6.07, 6.45) is 6.11. The lowest BCUT2D eigenvalue weighted by Crippen LogP contribution is -2.15. The number of aromatic nitrogens is 3.